The number of ether oxygens (including phenoxy) is 1. The molecule has 0 saturated carbocycles. The Balaban J connectivity index is 1.25. The molecule has 8 heteroatoms. The molecule has 0 unspecified atom stereocenters. The van der Waals surface area contributed by atoms with E-state index in [9.17, 15) is 18.8 Å². The highest BCUT2D eigenvalue weighted by molar-refractivity contribution is 6.00. The van der Waals surface area contributed by atoms with E-state index in [-0.39, 0.29) is 36.6 Å². The first kappa shape index (κ1) is 25.9. The van der Waals surface area contributed by atoms with Crippen molar-refractivity contribution in [3.63, 3.8) is 0 Å². The smallest absolute Gasteiger partial charge is 0.262 e. The van der Waals surface area contributed by atoms with Crippen molar-refractivity contribution in [2.45, 2.75) is 32.7 Å². The fraction of sp³-hybridized carbons (Fsp3) is 0.276. The first-order chi connectivity index (χ1) is 17.8. The summed E-state index contributed by atoms with van der Waals surface area (Å²) >= 11 is 0. The monoisotopic (exact) mass is 503 g/mol. The van der Waals surface area contributed by atoms with Crippen LogP contribution < -0.4 is 20.3 Å². The van der Waals surface area contributed by atoms with Crippen molar-refractivity contribution in [3.05, 3.63) is 89.7 Å². The number of nitrogens with zero attached hydrogens (tertiary/aromatic N) is 1. The molecule has 1 saturated heterocycles. The van der Waals surface area contributed by atoms with Crippen LogP contribution in [0.1, 0.15) is 37.3 Å². The van der Waals surface area contributed by atoms with Crippen LogP contribution in [0.2, 0.25) is 0 Å². The van der Waals surface area contributed by atoms with Gasteiger partial charge in [-0.25, -0.2) is 4.39 Å². The summed E-state index contributed by atoms with van der Waals surface area (Å²) in [6.45, 7) is 4.77. The van der Waals surface area contributed by atoms with Crippen molar-refractivity contribution in [1.29, 1.82) is 0 Å². The molecule has 37 heavy (non-hydrogen) atoms. The number of carbonyl (C=O) groups excluding carboxylic acids is 3. The molecule has 0 spiro atoms. The molecule has 1 atom stereocenters. The Labute approximate surface area is 215 Å². The van der Waals surface area contributed by atoms with Gasteiger partial charge in [0.05, 0.1) is 5.92 Å². The van der Waals surface area contributed by atoms with E-state index in [1.165, 1.54) is 29.8 Å². The Bertz CT molecular complexity index is 1240. The maximum absolute atomic E-state index is 13.0. The highest BCUT2D eigenvalue weighted by Crippen LogP contribution is 2.27. The summed E-state index contributed by atoms with van der Waals surface area (Å²) in [5, 5.41) is 5.57. The molecule has 0 aromatic heterocycles. The molecule has 0 aliphatic carbocycles. The van der Waals surface area contributed by atoms with Crippen LogP contribution in [-0.4, -0.2) is 30.9 Å². The number of anilines is 2. The Morgan fingerprint density at radius 1 is 1.00 bits per heavy atom. The second-order valence-corrected chi connectivity index (χ2v) is 9.36. The predicted molar refractivity (Wildman–Crippen MR) is 140 cm³/mol. The van der Waals surface area contributed by atoms with Gasteiger partial charge >= 0.3 is 0 Å². The van der Waals surface area contributed by atoms with Gasteiger partial charge in [-0.1, -0.05) is 38.1 Å². The number of carbonyl (C=O) groups is 3. The van der Waals surface area contributed by atoms with Gasteiger partial charge in [0.2, 0.25) is 11.8 Å². The molecule has 1 aliphatic rings. The quantitative estimate of drug-likeness (QED) is 0.446. The first-order valence-electron chi connectivity index (χ1n) is 12.2. The number of halogens is 1. The Morgan fingerprint density at radius 3 is 2.32 bits per heavy atom. The standard InChI is InChI=1S/C29H30FN3O4/c1-19(2)21-5-3-20(4-6-21)16-31-29(36)22-15-28(35)33(17-22)25-11-13-26(14-12-25)37-18-27(34)32-24-9-7-23(30)8-10-24/h3-14,19,22H,15-18H2,1-2H3,(H,31,36)(H,32,34)/t22-/m0/s1. The minimum Gasteiger partial charge on any atom is -0.484 e. The highest BCUT2D eigenvalue weighted by Gasteiger charge is 2.35. The Morgan fingerprint density at radius 2 is 1.68 bits per heavy atom. The maximum Gasteiger partial charge on any atom is 0.262 e. The van der Waals surface area contributed by atoms with E-state index >= 15 is 0 Å². The summed E-state index contributed by atoms with van der Waals surface area (Å²) in [6.07, 6.45) is 0.153. The molecular weight excluding hydrogens is 473 g/mol. The second-order valence-electron chi connectivity index (χ2n) is 9.36. The van der Waals surface area contributed by atoms with Crippen molar-refractivity contribution in [2.75, 3.05) is 23.4 Å². The average molecular weight is 504 g/mol. The summed E-state index contributed by atoms with van der Waals surface area (Å²) in [4.78, 5) is 38.9. The van der Waals surface area contributed by atoms with E-state index in [2.05, 4.69) is 36.6 Å². The topological polar surface area (TPSA) is 87.7 Å². The summed E-state index contributed by atoms with van der Waals surface area (Å²) in [7, 11) is 0. The normalized spacial score (nSPS) is 15.1. The Hall–Kier alpha value is -4.20. The van der Waals surface area contributed by atoms with Gasteiger partial charge in [0, 0.05) is 30.9 Å². The zero-order valence-corrected chi connectivity index (χ0v) is 20.9. The summed E-state index contributed by atoms with van der Waals surface area (Å²) in [5.41, 5.74) is 3.39. The molecular formula is C29H30FN3O4. The molecule has 0 radical (unpaired) electrons. The van der Waals surface area contributed by atoms with Gasteiger partial charge in [-0.2, -0.15) is 0 Å². The van der Waals surface area contributed by atoms with Crippen LogP contribution in [-0.2, 0) is 20.9 Å². The number of amides is 3. The molecule has 1 aliphatic heterocycles. The minimum absolute atomic E-state index is 0.117. The van der Waals surface area contributed by atoms with Crippen molar-refractivity contribution < 1.29 is 23.5 Å². The number of rotatable bonds is 9. The highest BCUT2D eigenvalue weighted by atomic mass is 19.1. The minimum atomic E-state index is -0.423. The fourth-order valence-electron chi connectivity index (χ4n) is 4.09. The second kappa shape index (κ2) is 11.7. The average Bonchev–Trinajstić information content (AvgIpc) is 3.29. The predicted octanol–water partition coefficient (Wildman–Crippen LogP) is 4.64. The van der Waals surface area contributed by atoms with Gasteiger partial charge < -0.3 is 20.3 Å². The molecule has 2 N–H and O–H groups in total. The van der Waals surface area contributed by atoms with E-state index in [1.807, 2.05) is 12.1 Å². The van der Waals surface area contributed by atoms with Crippen LogP contribution in [0.15, 0.2) is 72.8 Å². The maximum atomic E-state index is 13.0. The van der Waals surface area contributed by atoms with Crippen LogP contribution in [0.5, 0.6) is 5.75 Å². The van der Waals surface area contributed by atoms with Crippen molar-refractivity contribution in [2.24, 2.45) is 5.92 Å². The van der Waals surface area contributed by atoms with Crippen LogP contribution in [0.3, 0.4) is 0 Å². The van der Waals surface area contributed by atoms with Gasteiger partial charge in [-0.05, 0) is 65.6 Å². The van der Waals surface area contributed by atoms with Gasteiger partial charge in [0.1, 0.15) is 11.6 Å². The molecule has 7 nitrogen and oxygen atoms in total. The van der Waals surface area contributed by atoms with Crippen LogP contribution in [0.25, 0.3) is 0 Å². The molecule has 3 aromatic rings. The SMILES string of the molecule is CC(C)c1ccc(CNC(=O)[C@H]2CC(=O)N(c3ccc(OCC(=O)Nc4ccc(F)cc4)cc3)C2)cc1. The van der Waals surface area contributed by atoms with Crippen LogP contribution in [0, 0.1) is 11.7 Å². The van der Waals surface area contributed by atoms with E-state index in [1.54, 1.807) is 29.2 Å². The summed E-state index contributed by atoms with van der Waals surface area (Å²) in [5.74, 6) is -0.534. The number of hydrogen-bond acceptors (Lipinski definition) is 4. The lowest BCUT2D eigenvalue weighted by Gasteiger charge is -2.17. The molecule has 0 bridgehead atoms. The third kappa shape index (κ3) is 6.94. The molecule has 3 aromatic carbocycles. The summed E-state index contributed by atoms with van der Waals surface area (Å²) < 4.78 is 18.5. The van der Waals surface area contributed by atoms with Gasteiger partial charge in [-0.3, -0.25) is 14.4 Å². The lowest BCUT2D eigenvalue weighted by atomic mass is 10.0. The van der Waals surface area contributed by atoms with Crippen molar-refractivity contribution in [1.82, 2.24) is 5.32 Å². The third-order valence-corrected chi connectivity index (χ3v) is 6.26. The number of nitrogens with one attached hydrogen (secondary N) is 2. The van der Waals surface area contributed by atoms with Crippen LogP contribution >= 0.6 is 0 Å². The van der Waals surface area contributed by atoms with Crippen molar-refractivity contribution >= 4 is 29.1 Å². The third-order valence-electron chi connectivity index (χ3n) is 6.26. The fourth-order valence-corrected chi connectivity index (χ4v) is 4.09. The van der Waals surface area contributed by atoms with Gasteiger partial charge in [-0.15, -0.1) is 0 Å². The first-order valence-corrected chi connectivity index (χ1v) is 12.2. The van der Waals surface area contributed by atoms with Crippen molar-refractivity contribution in [3.8, 4) is 5.75 Å². The largest absolute Gasteiger partial charge is 0.484 e. The lowest BCUT2D eigenvalue weighted by molar-refractivity contribution is -0.126. The molecule has 3 amide bonds. The van der Waals surface area contributed by atoms with Gasteiger partial charge in [0.15, 0.2) is 6.61 Å². The zero-order chi connectivity index (χ0) is 26.4. The van der Waals surface area contributed by atoms with E-state index in [4.69, 9.17) is 4.74 Å². The van der Waals surface area contributed by atoms with Crippen LogP contribution in [0.4, 0.5) is 15.8 Å². The van der Waals surface area contributed by atoms with E-state index < -0.39 is 5.92 Å². The molecule has 4 rings (SSSR count). The van der Waals surface area contributed by atoms with Gasteiger partial charge in [0.25, 0.3) is 5.91 Å². The van der Waals surface area contributed by atoms with E-state index in [0.29, 0.717) is 36.1 Å². The lowest BCUT2D eigenvalue weighted by Crippen LogP contribution is -2.32. The summed E-state index contributed by atoms with van der Waals surface area (Å²) in [6, 6.07) is 20.4. The zero-order valence-electron chi connectivity index (χ0n) is 20.9. The number of benzene rings is 3. The molecule has 192 valence electrons. The molecule has 1 fully saturated rings. The van der Waals surface area contributed by atoms with E-state index in [0.717, 1.165) is 5.56 Å². The molecule has 1 heterocycles. The number of hydrogen-bond donors (Lipinski definition) is 2. The Kier molecular flexibility index (Phi) is 8.18.